The van der Waals surface area contributed by atoms with Gasteiger partial charge in [0.05, 0.1) is 16.5 Å². The number of allylic oxidation sites excluding steroid dienone is 1. The van der Waals surface area contributed by atoms with Crippen molar-refractivity contribution >= 4 is 11.7 Å². The SMILES string of the molecule is C=CC1(CC)[n+]2ccc(N(C)CCCCC)cc2-c2c(cc(C(=O)OCc3ccccc3)c(C#N)c2F)C1(C)CC. The number of benzene rings is 2. The van der Waals surface area contributed by atoms with E-state index in [1.54, 1.807) is 6.07 Å². The van der Waals surface area contributed by atoms with Gasteiger partial charge in [0, 0.05) is 37.8 Å². The third kappa shape index (κ3) is 5.03. The Labute approximate surface area is 243 Å². The lowest BCUT2D eigenvalue weighted by Crippen LogP contribution is -2.68. The Balaban J connectivity index is 1.93. The van der Waals surface area contributed by atoms with Crippen molar-refractivity contribution in [3.05, 3.63) is 95.5 Å². The van der Waals surface area contributed by atoms with Gasteiger partial charge in [-0.25, -0.2) is 9.18 Å². The first kappa shape index (κ1) is 30.0. The van der Waals surface area contributed by atoms with Crippen LogP contribution in [0, 0.1) is 17.1 Å². The fourth-order valence-corrected chi connectivity index (χ4v) is 6.43. The summed E-state index contributed by atoms with van der Waals surface area (Å²) in [6.07, 6.45) is 8.68. The Kier molecular flexibility index (Phi) is 8.97. The van der Waals surface area contributed by atoms with Crippen LogP contribution in [0.4, 0.5) is 10.1 Å². The number of carbonyl (C=O) groups excluding carboxylic acids is 1. The van der Waals surface area contributed by atoms with Crippen molar-refractivity contribution in [1.82, 2.24) is 0 Å². The number of hydrogen-bond donors (Lipinski definition) is 0. The Morgan fingerprint density at radius 1 is 1.15 bits per heavy atom. The van der Waals surface area contributed by atoms with Crippen molar-refractivity contribution in [1.29, 1.82) is 5.26 Å². The number of aromatic nitrogens is 1. The lowest BCUT2D eigenvalue weighted by Gasteiger charge is -2.46. The number of esters is 1. The molecule has 6 heteroatoms. The molecule has 1 aromatic heterocycles. The molecule has 0 bridgehead atoms. The molecule has 0 fully saturated rings. The molecule has 0 saturated carbocycles. The Morgan fingerprint density at radius 3 is 2.49 bits per heavy atom. The summed E-state index contributed by atoms with van der Waals surface area (Å²) in [6, 6.07) is 17.1. The third-order valence-electron chi connectivity index (χ3n) is 9.11. The lowest BCUT2D eigenvalue weighted by molar-refractivity contribution is -0.756. The number of unbranched alkanes of at least 4 members (excludes halogenated alkanes) is 2. The number of nitrogens with zero attached hydrogens (tertiary/aromatic N) is 3. The van der Waals surface area contributed by atoms with Gasteiger partial charge in [0.15, 0.2) is 17.6 Å². The van der Waals surface area contributed by atoms with Crippen LogP contribution in [0.3, 0.4) is 0 Å². The molecule has 214 valence electrons. The maximum Gasteiger partial charge on any atom is 0.339 e. The maximum absolute atomic E-state index is 16.7. The molecule has 4 rings (SSSR count). The number of carbonyl (C=O) groups is 1. The standard InChI is InChI=1S/C35H41FN3O2/c1-7-11-15-19-38(6)26-18-20-39-30(21-26)31-29(34(5,8-2)35(39,9-3)10-4)22-27(28(23-37)32(31)36)33(40)41-24-25-16-13-12-14-17-25/h9,12-14,16-18,20-22H,3,7-8,10-11,15,19,24H2,1-2,4-6H3/q+1. The van der Waals surface area contributed by atoms with E-state index in [9.17, 15) is 10.1 Å². The quantitative estimate of drug-likeness (QED) is 0.106. The third-order valence-corrected chi connectivity index (χ3v) is 9.11. The summed E-state index contributed by atoms with van der Waals surface area (Å²) in [5, 5.41) is 10.1. The van der Waals surface area contributed by atoms with Crippen molar-refractivity contribution in [2.75, 3.05) is 18.5 Å². The van der Waals surface area contributed by atoms with Crippen molar-refractivity contribution in [2.24, 2.45) is 0 Å². The van der Waals surface area contributed by atoms with Crippen LogP contribution in [0.15, 0.2) is 67.4 Å². The highest BCUT2D eigenvalue weighted by Crippen LogP contribution is 2.52. The highest BCUT2D eigenvalue weighted by atomic mass is 19.1. The highest BCUT2D eigenvalue weighted by molar-refractivity contribution is 5.94. The minimum atomic E-state index is -0.714. The average molecular weight is 555 g/mol. The van der Waals surface area contributed by atoms with Gasteiger partial charge >= 0.3 is 5.97 Å². The van der Waals surface area contributed by atoms with Crippen LogP contribution in [-0.2, 0) is 22.3 Å². The minimum absolute atomic E-state index is 0.0340. The normalized spacial score (nSPS) is 19.0. The highest BCUT2D eigenvalue weighted by Gasteiger charge is 2.59. The average Bonchev–Trinajstić information content (AvgIpc) is 3.00. The summed E-state index contributed by atoms with van der Waals surface area (Å²) < 4.78 is 24.4. The van der Waals surface area contributed by atoms with Crippen LogP contribution in [-0.4, -0.2) is 19.6 Å². The number of anilines is 1. The molecular formula is C35H41FN3O2+. The van der Waals surface area contributed by atoms with E-state index in [0.29, 0.717) is 29.7 Å². The predicted octanol–water partition coefficient (Wildman–Crippen LogP) is 7.61. The van der Waals surface area contributed by atoms with Crippen LogP contribution in [0.25, 0.3) is 11.3 Å². The monoisotopic (exact) mass is 554 g/mol. The van der Waals surface area contributed by atoms with Crippen molar-refractivity contribution in [2.45, 2.75) is 77.4 Å². The molecule has 41 heavy (non-hydrogen) atoms. The van der Waals surface area contributed by atoms with E-state index in [2.05, 4.69) is 49.8 Å². The Morgan fingerprint density at radius 2 is 1.88 bits per heavy atom. The van der Waals surface area contributed by atoms with E-state index in [1.165, 1.54) is 0 Å². The van der Waals surface area contributed by atoms with E-state index in [4.69, 9.17) is 4.74 Å². The largest absolute Gasteiger partial charge is 0.457 e. The second-order valence-corrected chi connectivity index (χ2v) is 11.1. The first-order valence-corrected chi connectivity index (χ1v) is 14.6. The summed E-state index contributed by atoms with van der Waals surface area (Å²) in [6.45, 7) is 13.6. The molecule has 0 saturated heterocycles. The predicted molar refractivity (Wildman–Crippen MR) is 161 cm³/mol. The number of hydrogen-bond acceptors (Lipinski definition) is 4. The van der Waals surface area contributed by atoms with E-state index in [0.717, 1.165) is 37.1 Å². The van der Waals surface area contributed by atoms with Crippen molar-refractivity contribution in [3.8, 4) is 17.3 Å². The first-order chi connectivity index (χ1) is 19.7. The van der Waals surface area contributed by atoms with Gasteiger partial charge in [-0.3, -0.25) is 0 Å². The van der Waals surface area contributed by atoms with Gasteiger partial charge in [0.1, 0.15) is 18.2 Å². The molecular weight excluding hydrogens is 513 g/mol. The van der Waals surface area contributed by atoms with E-state index < -0.39 is 22.7 Å². The summed E-state index contributed by atoms with van der Waals surface area (Å²) in [4.78, 5) is 15.6. The molecule has 0 radical (unpaired) electrons. The number of nitriles is 1. The van der Waals surface area contributed by atoms with Crippen molar-refractivity contribution < 1.29 is 18.5 Å². The molecule has 1 aliphatic rings. The van der Waals surface area contributed by atoms with Crippen LogP contribution in [0.2, 0.25) is 0 Å². The molecule has 2 aromatic carbocycles. The number of pyridine rings is 1. The van der Waals surface area contributed by atoms with Gasteiger partial charge < -0.3 is 9.64 Å². The summed E-state index contributed by atoms with van der Waals surface area (Å²) in [5.74, 6) is -1.40. The fraction of sp³-hybridized carbons (Fsp3) is 0.400. The van der Waals surface area contributed by atoms with Gasteiger partial charge in [0.25, 0.3) is 0 Å². The molecule has 1 aliphatic heterocycles. The zero-order valence-electron chi connectivity index (χ0n) is 25.0. The zero-order chi connectivity index (χ0) is 29.8. The molecule has 5 nitrogen and oxygen atoms in total. The number of fused-ring (bicyclic) bond motifs is 3. The van der Waals surface area contributed by atoms with Crippen molar-refractivity contribution in [3.63, 3.8) is 0 Å². The fourth-order valence-electron chi connectivity index (χ4n) is 6.43. The Bertz CT molecular complexity index is 1480. The molecule has 2 atom stereocenters. The van der Waals surface area contributed by atoms with Gasteiger partial charge in [-0.1, -0.05) is 70.5 Å². The number of halogens is 1. The summed E-state index contributed by atoms with van der Waals surface area (Å²) in [7, 11) is 2.05. The molecule has 3 aromatic rings. The molecule has 0 N–H and O–H groups in total. The molecule has 0 amide bonds. The summed E-state index contributed by atoms with van der Waals surface area (Å²) >= 11 is 0. The number of rotatable bonds is 11. The van der Waals surface area contributed by atoms with Crippen LogP contribution < -0.4 is 9.47 Å². The lowest BCUT2D eigenvalue weighted by atomic mass is 9.59. The molecule has 0 spiro atoms. The molecule has 2 heterocycles. The van der Waals surface area contributed by atoms with E-state index in [1.807, 2.05) is 61.8 Å². The van der Waals surface area contributed by atoms with Gasteiger partial charge in [0.2, 0.25) is 5.69 Å². The molecule has 0 aliphatic carbocycles. The topological polar surface area (TPSA) is 57.2 Å². The maximum atomic E-state index is 16.7. The Hall–Kier alpha value is -3.98. The van der Waals surface area contributed by atoms with E-state index >= 15 is 4.39 Å². The minimum Gasteiger partial charge on any atom is -0.457 e. The van der Waals surface area contributed by atoms with Crippen LogP contribution in [0.1, 0.15) is 86.8 Å². The number of ether oxygens (including phenoxy) is 1. The van der Waals surface area contributed by atoms with Gasteiger partial charge in [-0.05, 0) is 43.0 Å². The second kappa shape index (κ2) is 12.3. The summed E-state index contributed by atoms with van der Waals surface area (Å²) in [5.41, 5.74) is 1.96. The first-order valence-electron chi connectivity index (χ1n) is 14.6. The van der Waals surface area contributed by atoms with Crippen LogP contribution in [0.5, 0.6) is 0 Å². The smallest absolute Gasteiger partial charge is 0.339 e. The zero-order valence-corrected chi connectivity index (χ0v) is 25.0. The van der Waals surface area contributed by atoms with Gasteiger partial charge in [-0.2, -0.15) is 9.83 Å². The van der Waals surface area contributed by atoms with Crippen LogP contribution >= 0.6 is 0 Å². The molecule has 2 unspecified atom stereocenters. The van der Waals surface area contributed by atoms with E-state index in [-0.39, 0.29) is 17.7 Å². The second-order valence-electron chi connectivity index (χ2n) is 11.1. The van der Waals surface area contributed by atoms with Gasteiger partial charge in [-0.15, -0.1) is 0 Å².